The number of aryl methyl sites for hydroxylation is 1. The fourth-order valence-corrected chi connectivity index (χ4v) is 4.53. The van der Waals surface area contributed by atoms with Crippen molar-refractivity contribution in [1.29, 1.82) is 0 Å². The standard InChI is InChI=1S/C22H21ClN4O2S/c23-17-11-5-4-10-16(17)21(29)26-25-20(28)14-30-22-24-18-12-6-7-13-19(18)27(22)15-8-2-1-3-9-15/h1-5,8-11H,6-7,12-14H2,(H,25,28)(H,26,29). The first-order valence-corrected chi connectivity index (χ1v) is 11.1. The number of thioether (sulfide) groups is 1. The first-order valence-electron chi connectivity index (χ1n) is 9.76. The van der Waals surface area contributed by atoms with Gasteiger partial charge in [-0.2, -0.15) is 0 Å². The summed E-state index contributed by atoms with van der Waals surface area (Å²) in [5.41, 5.74) is 8.54. The zero-order valence-corrected chi connectivity index (χ0v) is 17.8. The lowest BCUT2D eigenvalue weighted by Crippen LogP contribution is -2.42. The Balaban J connectivity index is 1.42. The van der Waals surface area contributed by atoms with Crippen LogP contribution in [-0.4, -0.2) is 27.1 Å². The van der Waals surface area contributed by atoms with Gasteiger partial charge in [0.15, 0.2) is 5.16 Å². The van der Waals surface area contributed by atoms with E-state index in [9.17, 15) is 9.59 Å². The van der Waals surface area contributed by atoms with Crippen LogP contribution in [0.3, 0.4) is 0 Å². The Kier molecular flexibility index (Phi) is 6.40. The molecule has 4 rings (SSSR count). The minimum absolute atomic E-state index is 0.130. The molecule has 2 amide bonds. The quantitative estimate of drug-likeness (QED) is 0.465. The molecular formula is C22H21ClN4O2S. The molecule has 1 aliphatic rings. The molecule has 30 heavy (non-hydrogen) atoms. The first-order chi connectivity index (χ1) is 14.6. The van der Waals surface area contributed by atoms with E-state index < -0.39 is 5.91 Å². The minimum Gasteiger partial charge on any atom is -0.292 e. The number of carbonyl (C=O) groups is 2. The lowest BCUT2D eigenvalue weighted by molar-refractivity contribution is -0.119. The topological polar surface area (TPSA) is 76.0 Å². The first kappa shape index (κ1) is 20.5. The maximum absolute atomic E-state index is 12.3. The molecule has 2 aromatic carbocycles. The van der Waals surface area contributed by atoms with Crippen LogP contribution < -0.4 is 10.9 Å². The molecule has 154 valence electrons. The van der Waals surface area contributed by atoms with E-state index in [1.807, 2.05) is 30.3 Å². The molecule has 6 nitrogen and oxygen atoms in total. The van der Waals surface area contributed by atoms with Crippen molar-refractivity contribution in [3.63, 3.8) is 0 Å². The third kappa shape index (κ3) is 4.52. The second kappa shape index (κ2) is 9.36. The number of carbonyl (C=O) groups excluding carboxylic acids is 2. The Morgan fingerprint density at radius 1 is 1.00 bits per heavy atom. The van der Waals surface area contributed by atoms with Gasteiger partial charge in [0.1, 0.15) is 0 Å². The number of hydrogen-bond donors (Lipinski definition) is 2. The van der Waals surface area contributed by atoms with Crippen LogP contribution in [0.15, 0.2) is 59.8 Å². The van der Waals surface area contributed by atoms with Gasteiger partial charge in [0.05, 0.1) is 22.0 Å². The molecule has 0 fully saturated rings. The van der Waals surface area contributed by atoms with Crippen molar-refractivity contribution in [1.82, 2.24) is 20.4 Å². The fourth-order valence-electron chi connectivity index (χ4n) is 3.46. The second-order valence-corrected chi connectivity index (χ2v) is 8.29. The predicted molar refractivity (Wildman–Crippen MR) is 118 cm³/mol. The van der Waals surface area contributed by atoms with Crippen LogP contribution in [0.2, 0.25) is 5.02 Å². The van der Waals surface area contributed by atoms with Crippen molar-refractivity contribution in [2.75, 3.05) is 5.75 Å². The molecule has 0 saturated carbocycles. The molecule has 8 heteroatoms. The third-order valence-electron chi connectivity index (χ3n) is 4.88. The van der Waals surface area contributed by atoms with E-state index in [2.05, 4.69) is 15.4 Å². The van der Waals surface area contributed by atoms with Crippen molar-refractivity contribution in [3.05, 3.63) is 76.6 Å². The Hall–Kier alpha value is -2.77. The molecule has 1 heterocycles. The van der Waals surface area contributed by atoms with E-state index in [4.69, 9.17) is 16.6 Å². The number of halogens is 1. The summed E-state index contributed by atoms with van der Waals surface area (Å²) in [6, 6.07) is 16.7. The van der Waals surface area contributed by atoms with Crippen molar-refractivity contribution in [2.24, 2.45) is 0 Å². The van der Waals surface area contributed by atoms with Crippen LogP contribution in [0.25, 0.3) is 5.69 Å². The van der Waals surface area contributed by atoms with E-state index in [1.54, 1.807) is 24.3 Å². The van der Waals surface area contributed by atoms with Crippen molar-refractivity contribution in [3.8, 4) is 5.69 Å². The molecule has 0 radical (unpaired) electrons. The van der Waals surface area contributed by atoms with E-state index in [1.165, 1.54) is 17.5 Å². The smallest absolute Gasteiger partial charge is 0.271 e. The molecule has 0 spiro atoms. The monoisotopic (exact) mass is 440 g/mol. The van der Waals surface area contributed by atoms with Gasteiger partial charge in [-0.25, -0.2) is 4.98 Å². The number of nitrogens with one attached hydrogen (secondary N) is 2. The average molecular weight is 441 g/mol. The van der Waals surface area contributed by atoms with Crippen LogP contribution in [0.4, 0.5) is 0 Å². The molecule has 1 aromatic heterocycles. The number of hydrazine groups is 1. The number of rotatable bonds is 5. The number of benzene rings is 2. The minimum atomic E-state index is -0.458. The van der Waals surface area contributed by atoms with Crippen molar-refractivity contribution < 1.29 is 9.59 Å². The van der Waals surface area contributed by atoms with Gasteiger partial charge < -0.3 is 0 Å². The van der Waals surface area contributed by atoms with E-state index in [0.29, 0.717) is 10.6 Å². The molecule has 0 bridgehead atoms. The summed E-state index contributed by atoms with van der Waals surface area (Å²) in [7, 11) is 0. The van der Waals surface area contributed by atoms with Gasteiger partial charge in [0.2, 0.25) is 5.91 Å². The van der Waals surface area contributed by atoms with Crippen LogP contribution in [-0.2, 0) is 17.6 Å². The number of fused-ring (bicyclic) bond motifs is 1. The number of amides is 2. The highest BCUT2D eigenvalue weighted by Gasteiger charge is 2.22. The van der Waals surface area contributed by atoms with E-state index in [0.717, 1.165) is 42.2 Å². The fraction of sp³-hybridized carbons (Fsp3) is 0.227. The average Bonchev–Trinajstić information content (AvgIpc) is 3.15. The maximum Gasteiger partial charge on any atom is 0.271 e. The largest absolute Gasteiger partial charge is 0.292 e. The Morgan fingerprint density at radius 2 is 1.73 bits per heavy atom. The van der Waals surface area contributed by atoms with Gasteiger partial charge in [-0.3, -0.25) is 25.0 Å². The van der Waals surface area contributed by atoms with E-state index >= 15 is 0 Å². The van der Waals surface area contributed by atoms with Gasteiger partial charge in [-0.1, -0.05) is 53.7 Å². The highest BCUT2D eigenvalue weighted by atomic mass is 35.5. The van der Waals surface area contributed by atoms with Crippen LogP contribution in [0.5, 0.6) is 0 Å². The number of hydrogen-bond acceptors (Lipinski definition) is 4. The SMILES string of the molecule is O=C(CSc1nc2c(n1-c1ccccc1)CCCC2)NNC(=O)c1ccccc1Cl. The van der Waals surface area contributed by atoms with Crippen molar-refractivity contribution >= 4 is 35.2 Å². The van der Waals surface area contributed by atoms with Gasteiger partial charge in [0.25, 0.3) is 5.91 Å². The third-order valence-corrected chi connectivity index (χ3v) is 6.15. The predicted octanol–water partition coefficient (Wildman–Crippen LogP) is 3.96. The number of para-hydroxylation sites is 1. The summed E-state index contributed by atoms with van der Waals surface area (Å²) in [4.78, 5) is 29.3. The lowest BCUT2D eigenvalue weighted by atomic mass is 10.0. The summed E-state index contributed by atoms with van der Waals surface area (Å²) in [5.74, 6) is -0.646. The molecule has 0 unspecified atom stereocenters. The molecule has 2 N–H and O–H groups in total. The van der Waals surface area contributed by atoms with E-state index in [-0.39, 0.29) is 11.7 Å². The maximum atomic E-state index is 12.3. The molecule has 3 aromatic rings. The van der Waals surface area contributed by atoms with Gasteiger partial charge in [-0.15, -0.1) is 0 Å². The molecule has 0 saturated heterocycles. The summed E-state index contributed by atoms with van der Waals surface area (Å²) in [6.07, 6.45) is 4.22. The highest BCUT2D eigenvalue weighted by Crippen LogP contribution is 2.30. The molecule has 0 aliphatic heterocycles. The van der Waals surface area contributed by atoms with Crippen LogP contribution in [0.1, 0.15) is 34.6 Å². The Morgan fingerprint density at radius 3 is 2.53 bits per heavy atom. The summed E-state index contributed by atoms with van der Waals surface area (Å²) in [5, 5.41) is 1.12. The summed E-state index contributed by atoms with van der Waals surface area (Å²) < 4.78 is 2.15. The Labute approximate surface area is 184 Å². The lowest BCUT2D eigenvalue weighted by Gasteiger charge is -2.15. The summed E-state index contributed by atoms with van der Waals surface area (Å²) >= 11 is 7.37. The second-order valence-electron chi connectivity index (χ2n) is 6.94. The Bertz CT molecular complexity index is 1070. The number of aromatic nitrogens is 2. The zero-order valence-electron chi connectivity index (χ0n) is 16.2. The zero-order chi connectivity index (χ0) is 20.9. The van der Waals surface area contributed by atoms with Crippen molar-refractivity contribution in [2.45, 2.75) is 30.8 Å². The van der Waals surface area contributed by atoms with Crippen LogP contribution >= 0.6 is 23.4 Å². The van der Waals surface area contributed by atoms with Gasteiger partial charge in [0, 0.05) is 11.4 Å². The highest BCUT2D eigenvalue weighted by molar-refractivity contribution is 7.99. The van der Waals surface area contributed by atoms with Crippen LogP contribution in [0, 0.1) is 0 Å². The number of imidazole rings is 1. The molecular weight excluding hydrogens is 420 g/mol. The van der Waals surface area contributed by atoms with Gasteiger partial charge in [-0.05, 0) is 49.9 Å². The molecule has 0 atom stereocenters. The number of nitrogens with zero attached hydrogens (tertiary/aromatic N) is 2. The molecule has 1 aliphatic carbocycles. The normalized spacial score (nSPS) is 12.8. The van der Waals surface area contributed by atoms with Gasteiger partial charge >= 0.3 is 0 Å². The summed E-state index contributed by atoms with van der Waals surface area (Å²) in [6.45, 7) is 0.